The number of hydrogen-bond acceptors (Lipinski definition) is 6. The molecule has 1 fully saturated rings. The topological polar surface area (TPSA) is 86.8 Å². The van der Waals surface area contributed by atoms with Crippen molar-refractivity contribution in [1.29, 1.82) is 5.26 Å². The molecule has 1 aliphatic rings. The maximum Gasteiger partial charge on any atom is 0.252 e. The van der Waals surface area contributed by atoms with Crippen LogP contribution in [0.4, 0.5) is 5.69 Å². The van der Waals surface area contributed by atoms with E-state index in [2.05, 4.69) is 39.2 Å². The molecule has 0 amide bonds. The number of nitrogens with one attached hydrogen (secondary N) is 1. The zero-order chi connectivity index (χ0) is 19.8. The zero-order valence-corrected chi connectivity index (χ0v) is 16.2. The van der Waals surface area contributed by atoms with Crippen molar-refractivity contribution in [1.82, 2.24) is 19.9 Å². The number of aromatic nitrogens is 3. The van der Waals surface area contributed by atoms with Crippen LogP contribution in [-0.2, 0) is 7.05 Å². The zero-order valence-electron chi connectivity index (χ0n) is 16.2. The lowest BCUT2D eigenvalue weighted by molar-refractivity contribution is 0.396. The van der Waals surface area contributed by atoms with E-state index >= 15 is 0 Å². The molecule has 1 N–H and O–H groups in total. The van der Waals surface area contributed by atoms with Crippen LogP contribution in [0, 0.1) is 18.3 Å². The molecule has 3 aromatic heterocycles. The van der Waals surface area contributed by atoms with Crippen LogP contribution in [0.15, 0.2) is 41.3 Å². The second kappa shape index (κ2) is 7.06. The van der Waals surface area contributed by atoms with Crippen molar-refractivity contribution in [3.8, 4) is 6.07 Å². The van der Waals surface area contributed by atoms with E-state index in [1.54, 1.807) is 29.8 Å². The molecule has 2 atom stereocenters. The Bertz CT molecular complexity index is 1150. The van der Waals surface area contributed by atoms with Gasteiger partial charge in [-0.25, -0.2) is 4.98 Å². The highest BCUT2D eigenvalue weighted by atomic mass is 16.1. The number of piperazine rings is 1. The Morgan fingerprint density at radius 1 is 1.25 bits per heavy atom. The van der Waals surface area contributed by atoms with Gasteiger partial charge in [-0.15, -0.1) is 0 Å². The third-order valence-corrected chi connectivity index (χ3v) is 5.23. The first-order valence-corrected chi connectivity index (χ1v) is 9.30. The van der Waals surface area contributed by atoms with E-state index in [-0.39, 0.29) is 17.6 Å². The average Bonchev–Trinajstić information content (AvgIpc) is 2.69. The lowest BCUT2D eigenvalue weighted by atomic mass is 10.0. The van der Waals surface area contributed by atoms with Gasteiger partial charge in [0.15, 0.2) is 0 Å². The maximum absolute atomic E-state index is 12.5. The van der Waals surface area contributed by atoms with Gasteiger partial charge >= 0.3 is 0 Å². The summed E-state index contributed by atoms with van der Waals surface area (Å²) in [4.78, 5) is 23.5. The van der Waals surface area contributed by atoms with Gasteiger partial charge in [0.2, 0.25) is 0 Å². The first-order valence-electron chi connectivity index (χ1n) is 9.30. The van der Waals surface area contributed by atoms with Crippen LogP contribution in [-0.4, -0.2) is 33.7 Å². The van der Waals surface area contributed by atoms with Crippen molar-refractivity contribution < 1.29 is 0 Å². The molecule has 0 aromatic carbocycles. The predicted molar refractivity (Wildman–Crippen MR) is 108 cm³/mol. The van der Waals surface area contributed by atoms with Crippen molar-refractivity contribution in [2.24, 2.45) is 7.05 Å². The second-order valence-corrected chi connectivity index (χ2v) is 7.36. The quantitative estimate of drug-likeness (QED) is 0.739. The Morgan fingerprint density at radius 2 is 2.07 bits per heavy atom. The monoisotopic (exact) mass is 374 g/mol. The fourth-order valence-corrected chi connectivity index (χ4v) is 3.87. The molecule has 3 aromatic rings. The van der Waals surface area contributed by atoms with E-state index in [1.165, 1.54) is 5.56 Å². The lowest BCUT2D eigenvalue weighted by Gasteiger charge is -2.39. The molecule has 1 saturated heterocycles. The molecule has 0 bridgehead atoms. The molecule has 4 rings (SSSR count). The number of nitriles is 1. The SMILES string of the molecule is Cc1cc(C2CN(c3cc(=O)n(C)c4ccc(C#N)nc34)CC(C)N2)ccn1. The Hall–Kier alpha value is -3.24. The second-order valence-electron chi connectivity index (χ2n) is 7.36. The summed E-state index contributed by atoms with van der Waals surface area (Å²) in [6.45, 7) is 5.57. The lowest BCUT2D eigenvalue weighted by Crippen LogP contribution is -2.51. The van der Waals surface area contributed by atoms with Gasteiger partial charge in [-0.05, 0) is 43.7 Å². The molecular formula is C21H22N6O. The highest BCUT2D eigenvalue weighted by molar-refractivity contribution is 5.88. The van der Waals surface area contributed by atoms with Crippen molar-refractivity contribution >= 4 is 16.7 Å². The molecule has 0 aliphatic carbocycles. The van der Waals surface area contributed by atoms with Crippen molar-refractivity contribution in [3.05, 3.63) is 63.8 Å². The van der Waals surface area contributed by atoms with Crippen LogP contribution in [0.3, 0.4) is 0 Å². The molecule has 4 heterocycles. The van der Waals surface area contributed by atoms with Crippen molar-refractivity contribution in [2.45, 2.75) is 25.9 Å². The third kappa shape index (κ3) is 3.23. The normalized spacial score (nSPS) is 19.6. The summed E-state index contributed by atoms with van der Waals surface area (Å²) >= 11 is 0. The molecule has 0 saturated carbocycles. The average molecular weight is 374 g/mol. The molecule has 0 radical (unpaired) electrons. The summed E-state index contributed by atoms with van der Waals surface area (Å²) in [5, 5.41) is 12.9. The van der Waals surface area contributed by atoms with Gasteiger partial charge in [0.05, 0.1) is 17.2 Å². The highest BCUT2D eigenvalue weighted by Crippen LogP contribution is 2.28. The molecule has 28 heavy (non-hydrogen) atoms. The van der Waals surface area contributed by atoms with Gasteiger partial charge in [-0.2, -0.15) is 5.26 Å². The van der Waals surface area contributed by atoms with Crippen molar-refractivity contribution in [3.63, 3.8) is 0 Å². The van der Waals surface area contributed by atoms with E-state index in [1.807, 2.05) is 19.2 Å². The summed E-state index contributed by atoms with van der Waals surface area (Å²) in [6, 6.07) is 11.6. The first kappa shape index (κ1) is 18.1. The minimum Gasteiger partial charge on any atom is -0.366 e. The summed E-state index contributed by atoms with van der Waals surface area (Å²) in [5.41, 5.74) is 4.59. The molecular weight excluding hydrogens is 352 g/mol. The number of rotatable bonds is 2. The van der Waals surface area contributed by atoms with Gasteiger partial charge in [-0.1, -0.05) is 0 Å². The largest absolute Gasteiger partial charge is 0.366 e. The Kier molecular flexibility index (Phi) is 4.57. The van der Waals surface area contributed by atoms with Crippen LogP contribution >= 0.6 is 0 Å². The van der Waals surface area contributed by atoms with E-state index in [0.29, 0.717) is 17.8 Å². The van der Waals surface area contributed by atoms with E-state index < -0.39 is 0 Å². The van der Waals surface area contributed by atoms with Crippen LogP contribution in [0.25, 0.3) is 11.0 Å². The van der Waals surface area contributed by atoms with E-state index in [4.69, 9.17) is 0 Å². The molecule has 142 valence electrons. The summed E-state index contributed by atoms with van der Waals surface area (Å²) in [5.74, 6) is 0. The van der Waals surface area contributed by atoms with Gasteiger partial charge in [0.25, 0.3) is 5.56 Å². The van der Waals surface area contributed by atoms with E-state index in [9.17, 15) is 10.1 Å². The van der Waals surface area contributed by atoms with Gasteiger partial charge in [0, 0.05) is 44.1 Å². The number of nitrogens with zero attached hydrogens (tertiary/aromatic N) is 5. The summed E-state index contributed by atoms with van der Waals surface area (Å²) in [6.07, 6.45) is 1.82. The third-order valence-electron chi connectivity index (χ3n) is 5.23. The smallest absolute Gasteiger partial charge is 0.252 e. The molecule has 0 spiro atoms. The molecule has 7 nitrogen and oxygen atoms in total. The first-order chi connectivity index (χ1) is 13.5. The number of anilines is 1. The van der Waals surface area contributed by atoms with Crippen LogP contribution in [0.1, 0.15) is 29.9 Å². The molecule has 1 aliphatic heterocycles. The fraction of sp³-hybridized carbons (Fsp3) is 0.333. The van der Waals surface area contributed by atoms with Crippen LogP contribution < -0.4 is 15.8 Å². The summed E-state index contributed by atoms with van der Waals surface area (Å²) < 4.78 is 1.57. The van der Waals surface area contributed by atoms with Gasteiger partial charge in [0.1, 0.15) is 17.3 Å². The minimum atomic E-state index is -0.0866. The van der Waals surface area contributed by atoms with Crippen LogP contribution in [0.5, 0.6) is 0 Å². The number of pyridine rings is 3. The summed E-state index contributed by atoms with van der Waals surface area (Å²) in [7, 11) is 1.73. The van der Waals surface area contributed by atoms with Crippen molar-refractivity contribution in [2.75, 3.05) is 18.0 Å². The number of aryl methyl sites for hydroxylation is 2. The fourth-order valence-electron chi connectivity index (χ4n) is 3.87. The maximum atomic E-state index is 12.5. The number of hydrogen-bond donors (Lipinski definition) is 1. The highest BCUT2D eigenvalue weighted by Gasteiger charge is 2.27. The molecule has 7 heteroatoms. The standard InChI is InChI=1S/C21H22N6O/c1-13-8-15(6-7-23-13)17-12-27(11-14(2)24-17)19-9-20(28)26(3)18-5-4-16(10-22)25-21(18)19/h4-9,14,17,24H,11-12H2,1-3H3. The minimum absolute atomic E-state index is 0.0866. The number of fused-ring (bicyclic) bond motifs is 1. The van der Waals surface area contributed by atoms with Crippen LogP contribution in [0.2, 0.25) is 0 Å². The Balaban J connectivity index is 1.81. The Labute approximate surface area is 163 Å². The van der Waals surface area contributed by atoms with E-state index in [0.717, 1.165) is 23.4 Å². The Morgan fingerprint density at radius 3 is 2.82 bits per heavy atom. The molecule has 2 unspecified atom stereocenters. The van der Waals surface area contributed by atoms with Gasteiger partial charge < -0.3 is 14.8 Å². The van der Waals surface area contributed by atoms with Gasteiger partial charge in [-0.3, -0.25) is 9.78 Å². The predicted octanol–water partition coefficient (Wildman–Crippen LogP) is 2.05.